The molecule has 10 heteroatoms. The molecule has 0 aliphatic heterocycles. The van der Waals surface area contributed by atoms with Gasteiger partial charge in [0.05, 0.1) is 5.75 Å². The molecule has 134 valence electrons. The second-order valence-corrected chi connectivity index (χ2v) is 7.19. The van der Waals surface area contributed by atoms with Crippen molar-refractivity contribution >= 4 is 40.1 Å². The van der Waals surface area contributed by atoms with Crippen LogP contribution in [0.4, 0.5) is 9.52 Å². The summed E-state index contributed by atoms with van der Waals surface area (Å²) in [5, 5.41) is 22.8. The number of amides is 1. The fourth-order valence-corrected chi connectivity index (χ4v) is 3.34. The molecule has 1 amide bonds. The second-order valence-electron chi connectivity index (χ2n) is 4.99. The molecule has 0 spiro atoms. The summed E-state index contributed by atoms with van der Waals surface area (Å²) >= 11 is 2.59. The van der Waals surface area contributed by atoms with Crippen molar-refractivity contribution in [2.75, 3.05) is 17.6 Å². The van der Waals surface area contributed by atoms with Gasteiger partial charge < -0.3 is 15.7 Å². The number of carbonyl (C=O) groups is 2. The maximum atomic E-state index is 12.8. The summed E-state index contributed by atoms with van der Waals surface area (Å²) in [6, 6.07) is 6.17. The van der Waals surface area contributed by atoms with E-state index in [1.807, 2.05) is 0 Å². The first-order valence-corrected chi connectivity index (χ1v) is 9.26. The number of nitrogens with one attached hydrogen (secondary N) is 2. The van der Waals surface area contributed by atoms with E-state index in [1.165, 1.54) is 35.2 Å². The monoisotopic (exact) mass is 384 g/mol. The van der Waals surface area contributed by atoms with Gasteiger partial charge in [0.1, 0.15) is 5.82 Å². The lowest BCUT2D eigenvalue weighted by molar-refractivity contribution is -0.137. The van der Waals surface area contributed by atoms with Crippen molar-refractivity contribution in [3.8, 4) is 0 Å². The van der Waals surface area contributed by atoms with Crippen LogP contribution in [0.1, 0.15) is 18.4 Å². The van der Waals surface area contributed by atoms with E-state index in [9.17, 15) is 14.0 Å². The largest absolute Gasteiger partial charge is 0.481 e. The van der Waals surface area contributed by atoms with Crippen molar-refractivity contribution in [1.29, 1.82) is 0 Å². The summed E-state index contributed by atoms with van der Waals surface area (Å²) in [4.78, 5) is 22.0. The summed E-state index contributed by atoms with van der Waals surface area (Å²) in [6.45, 7) is 0.843. The zero-order valence-electron chi connectivity index (χ0n) is 13.2. The average Bonchev–Trinajstić information content (AvgIpc) is 3.04. The third-order valence-electron chi connectivity index (χ3n) is 2.98. The van der Waals surface area contributed by atoms with Crippen LogP contribution in [0, 0.1) is 5.82 Å². The Labute approximate surface area is 152 Å². The molecule has 0 saturated carbocycles. The Balaban J connectivity index is 1.67. The third-order valence-corrected chi connectivity index (χ3v) is 4.99. The van der Waals surface area contributed by atoms with Gasteiger partial charge in [-0.2, -0.15) is 0 Å². The number of hydrogen-bond acceptors (Lipinski definition) is 7. The molecule has 0 saturated heterocycles. The van der Waals surface area contributed by atoms with Crippen LogP contribution < -0.4 is 10.6 Å². The minimum Gasteiger partial charge on any atom is -0.481 e. The Morgan fingerprint density at radius 3 is 2.72 bits per heavy atom. The number of carboxylic acid groups (broad SMARTS) is 1. The van der Waals surface area contributed by atoms with E-state index in [2.05, 4.69) is 20.8 Å². The molecule has 7 nitrogen and oxygen atoms in total. The number of benzene rings is 1. The molecular formula is C15H17FN4O3S2. The van der Waals surface area contributed by atoms with Crippen LogP contribution in [0.15, 0.2) is 28.6 Å². The minimum atomic E-state index is -0.877. The predicted octanol–water partition coefficient (Wildman–Crippen LogP) is 2.36. The first kappa shape index (κ1) is 19.1. The van der Waals surface area contributed by atoms with Gasteiger partial charge in [0.15, 0.2) is 4.34 Å². The maximum Gasteiger partial charge on any atom is 0.303 e. The van der Waals surface area contributed by atoms with Gasteiger partial charge in [0, 0.05) is 19.5 Å². The van der Waals surface area contributed by atoms with E-state index in [1.54, 1.807) is 12.1 Å². The van der Waals surface area contributed by atoms with Gasteiger partial charge in [0.25, 0.3) is 0 Å². The quantitative estimate of drug-likeness (QED) is 0.427. The van der Waals surface area contributed by atoms with Gasteiger partial charge in [0.2, 0.25) is 11.0 Å². The summed E-state index contributed by atoms with van der Waals surface area (Å²) in [5.74, 6) is -1.14. The molecule has 1 aromatic carbocycles. The molecule has 2 rings (SSSR count). The highest BCUT2D eigenvalue weighted by molar-refractivity contribution is 8.01. The first-order chi connectivity index (χ1) is 12.0. The van der Waals surface area contributed by atoms with Crippen LogP contribution in [0.3, 0.4) is 0 Å². The number of thioether (sulfide) groups is 1. The number of aliphatic carboxylic acids is 1. The summed E-state index contributed by atoms with van der Waals surface area (Å²) in [5.41, 5.74) is 0.923. The van der Waals surface area contributed by atoms with E-state index in [0.29, 0.717) is 29.0 Å². The lowest BCUT2D eigenvalue weighted by Gasteiger charge is -2.02. The van der Waals surface area contributed by atoms with Crippen molar-refractivity contribution in [2.45, 2.75) is 23.7 Å². The van der Waals surface area contributed by atoms with Crippen LogP contribution in [-0.2, 0) is 16.1 Å². The highest BCUT2D eigenvalue weighted by atomic mass is 32.2. The Hall–Kier alpha value is -2.20. The lowest BCUT2D eigenvalue weighted by Crippen LogP contribution is -2.26. The molecule has 2 aromatic rings. The highest BCUT2D eigenvalue weighted by Gasteiger charge is 2.08. The third kappa shape index (κ3) is 7.48. The fraction of sp³-hybridized carbons (Fsp3) is 0.333. The SMILES string of the molecule is O=C(O)CCCNC(=O)CSc1nnc(NCc2ccc(F)cc2)s1. The van der Waals surface area contributed by atoms with Crippen molar-refractivity contribution in [3.05, 3.63) is 35.6 Å². The fourth-order valence-electron chi connectivity index (χ4n) is 1.77. The maximum absolute atomic E-state index is 12.8. The van der Waals surface area contributed by atoms with E-state index >= 15 is 0 Å². The molecular weight excluding hydrogens is 367 g/mol. The Bertz CT molecular complexity index is 709. The summed E-state index contributed by atoms with van der Waals surface area (Å²) in [7, 11) is 0. The smallest absolute Gasteiger partial charge is 0.303 e. The summed E-state index contributed by atoms with van der Waals surface area (Å²) in [6.07, 6.45) is 0.439. The molecule has 0 aliphatic rings. The van der Waals surface area contributed by atoms with E-state index in [0.717, 1.165) is 5.56 Å². The Morgan fingerprint density at radius 2 is 2.00 bits per heavy atom. The van der Waals surface area contributed by atoms with E-state index in [-0.39, 0.29) is 23.9 Å². The number of anilines is 1. The Kier molecular flexibility index (Phi) is 7.61. The van der Waals surface area contributed by atoms with Gasteiger partial charge in [-0.25, -0.2) is 4.39 Å². The van der Waals surface area contributed by atoms with E-state index < -0.39 is 5.97 Å². The summed E-state index contributed by atoms with van der Waals surface area (Å²) < 4.78 is 13.5. The number of carbonyl (C=O) groups excluding carboxylic acids is 1. The lowest BCUT2D eigenvalue weighted by atomic mass is 10.2. The molecule has 0 aliphatic carbocycles. The van der Waals surface area contributed by atoms with Gasteiger partial charge in [-0.1, -0.05) is 35.2 Å². The van der Waals surface area contributed by atoms with Crippen molar-refractivity contribution in [1.82, 2.24) is 15.5 Å². The van der Waals surface area contributed by atoms with Crippen molar-refractivity contribution in [2.24, 2.45) is 0 Å². The van der Waals surface area contributed by atoms with Gasteiger partial charge in [-0.15, -0.1) is 10.2 Å². The van der Waals surface area contributed by atoms with E-state index in [4.69, 9.17) is 5.11 Å². The molecule has 0 bridgehead atoms. The average molecular weight is 384 g/mol. The first-order valence-electron chi connectivity index (χ1n) is 7.46. The predicted molar refractivity (Wildman–Crippen MR) is 94.2 cm³/mol. The van der Waals surface area contributed by atoms with Crippen LogP contribution in [-0.4, -0.2) is 39.5 Å². The molecule has 3 N–H and O–H groups in total. The van der Waals surface area contributed by atoms with Crippen LogP contribution in [0.5, 0.6) is 0 Å². The molecule has 25 heavy (non-hydrogen) atoms. The Morgan fingerprint density at radius 1 is 1.24 bits per heavy atom. The van der Waals surface area contributed by atoms with Crippen LogP contribution >= 0.6 is 23.1 Å². The number of nitrogens with zero attached hydrogens (tertiary/aromatic N) is 2. The molecule has 0 radical (unpaired) electrons. The zero-order valence-corrected chi connectivity index (χ0v) is 14.8. The number of hydrogen-bond donors (Lipinski definition) is 3. The molecule has 1 aromatic heterocycles. The van der Waals surface area contributed by atoms with Gasteiger partial charge >= 0.3 is 5.97 Å². The molecule has 0 fully saturated rings. The number of carboxylic acids is 1. The van der Waals surface area contributed by atoms with Gasteiger partial charge in [-0.05, 0) is 24.1 Å². The highest BCUT2D eigenvalue weighted by Crippen LogP contribution is 2.25. The molecule has 1 heterocycles. The topological polar surface area (TPSA) is 104 Å². The molecule has 0 unspecified atom stereocenters. The number of rotatable bonds is 10. The van der Waals surface area contributed by atoms with Crippen molar-refractivity contribution in [3.63, 3.8) is 0 Å². The van der Waals surface area contributed by atoms with Crippen molar-refractivity contribution < 1.29 is 19.1 Å². The normalized spacial score (nSPS) is 10.4. The van der Waals surface area contributed by atoms with Crippen LogP contribution in [0.25, 0.3) is 0 Å². The standard InChI is InChI=1S/C15H17FN4O3S2/c16-11-5-3-10(4-6-11)8-18-14-19-20-15(25-14)24-9-12(21)17-7-1-2-13(22)23/h3-6H,1-2,7-9H2,(H,17,21)(H,18,19)(H,22,23). The van der Waals surface area contributed by atoms with Crippen LogP contribution in [0.2, 0.25) is 0 Å². The second kappa shape index (κ2) is 9.94. The molecule has 0 atom stereocenters. The zero-order chi connectivity index (χ0) is 18.1. The number of aromatic nitrogens is 2. The minimum absolute atomic E-state index is 0.0346. The number of halogens is 1. The van der Waals surface area contributed by atoms with Gasteiger partial charge in [-0.3, -0.25) is 9.59 Å².